The van der Waals surface area contributed by atoms with Crippen molar-refractivity contribution in [3.8, 4) is 5.75 Å². The summed E-state index contributed by atoms with van der Waals surface area (Å²) in [5, 5.41) is 11.2. The van der Waals surface area contributed by atoms with Crippen LogP contribution in [0.15, 0.2) is 30.9 Å². The molecule has 1 aromatic carbocycles. The summed E-state index contributed by atoms with van der Waals surface area (Å²) in [6.45, 7) is 7.36. The monoisotopic (exact) mass is 332 g/mol. The summed E-state index contributed by atoms with van der Waals surface area (Å²) in [5.41, 5.74) is 0.0534. The topological polar surface area (TPSA) is 95.9 Å². The summed E-state index contributed by atoms with van der Waals surface area (Å²) in [6.07, 6.45) is 1.28. The first kappa shape index (κ1) is 17.5. The van der Waals surface area contributed by atoms with Crippen molar-refractivity contribution in [2.24, 2.45) is 0 Å². The number of carbonyl (C=O) groups is 3. The fourth-order valence-electron chi connectivity index (χ4n) is 2.40. The molecular formula is C17H20N2O5. The molecule has 0 unspecified atom stereocenters. The molecule has 0 radical (unpaired) electrons. The second-order valence-electron chi connectivity index (χ2n) is 5.94. The predicted octanol–water partition coefficient (Wildman–Crippen LogP) is 2.18. The second-order valence-corrected chi connectivity index (χ2v) is 5.94. The number of hydrogen-bond donors (Lipinski definition) is 2. The van der Waals surface area contributed by atoms with E-state index in [1.165, 1.54) is 0 Å². The van der Waals surface area contributed by atoms with E-state index in [0.29, 0.717) is 23.7 Å². The van der Waals surface area contributed by atoms with E-state index in [0.717, 1.165) is 0 Å². The van der Waals surface area contributed by atoms with E-state index in [2.05, 4.69) is 11.9 Å². The van der Waals surface area contributed by atoms with Gasteiger partial charge in [0.05, 0.1) is 12.1 Å². The van der Waals surface area contributed by atoms with Gasteiger partial charge in [0.1, 0.15) is 5.75 Å². The number of hydrogen-bond acceptors (Lipinski definition) is 4. The first-order valence-electron chi connectivity index (χ1n) is 7.52. The van der Waals surface area contributed by atoms with Crippen LogP contribution in [-0.4, -0.2) is 35.0 Å². The second kappa shape index (κ2) is 6.74. The van der Waals surface area contributed by atoms with Gasteiger partial charge in [0.15, 0.2) is 5.60 Å². The molecule has 1 aromatic rings. The van der Waals surface area contributed by atoms with E-state index in [1.54, 1.807) is 43.0 Å². The molecule has 1 aliphatic rings. The van der Waals surface area contributed by atoms with Crippen LogP contribution in [0.25, 0.3) is 0 Å². The largest absolute Gasteiger partial charge is 0.481 e. The smallest absolute Gasteiger partial charge is 0.303 e. The van der Waals surface area contributed by atoms with Gasteiger partial charge in [0, 0.05) is 24.7 Å². The number of aliphatic carboxylic acids is 1. The Hall–Kier alpha value is -2.83. The summed E-state index contributed by atoms with van der Waals surface area (Å²) < 4.78 is 5.76. The van der Waals surface area contributed by atoms with Crippen LogP contribution in [0.2, 0.25) is 0 Å². The Morgan fingerprint density at radius 3 is 2.71 bits per heavy atom. The summed E-state index contributed by atoms with van der Waals surface area (Å²) >= 11 is 0. The molecule has 1 heterocycles. The molecule has 2 rings (SSSR count). The molecule has 24 heavy (non-hydrogen) atoms. The number of carboxylic acids is 1. The predicted molar refractivity (Wildman–Crippen MR) is 89.2 cm³/mol. The molecule has 0 aromatic heterocycles. The highest BCUT2D eigenvalue weighted by Gasteiger charge is 2.40. The van der Waals surface area contributed by atoms with Crippen molar-refractivity contribution >= 4 is 29.2 Å². The maximum Gasteiger partial charge on any atom is 0.303 e. The lowest BCUT2D eigenvalue weighted by molar-refractivity contribution is -0.138. The molecule has 7 nitrogen and oxygen atoms in total. The lowest BCUT2D eigenvalue weighted by Gasteiger charge is -2.38. The Morgan fingerprint density at radius 1 is 1.38 bits per heavy atom. The quantitative estimate of drug-likeness (QED) is 0.778. The third kappa shape index (κ3) is 3.73. The van der Waals surface area contributed by atoms with Crippen LogP contribution >= 0.6 is 0 Å². The van der Waals surface area contributed by atoms with Crippen LogP contribution in [0.3, 0.4) is 0 Å². The van der Waals surface area contributed by atoms with Crippen LogP contribution in [-0.2, 0) is 14.4 Å². The van der Waals surface area contributed by atoms with Gasteiger partial charge in [0.25, 0.3) is 5.91 Å². The SMILES string of the molecule is C=CCN1C(=O)C(C)(C)Oc2cc(NC(=O)CCC(=O)O)ccc21. The maximum absolute atomic E-state index is 12.4. The average molecular weight is 332 g/mol. The van der Waals surface area contributed by atoms with E-state index in [1.807, 2.05) is 0 Å². The number of rotatable bonds is 6. The molecule has 2 N–H and O–H groups in total. The molecular weight excluding hydrogens is 312 g/mol. The highest BCUT2D eigenvalue weighted by Crippen LogP contribution is 2.39. The number of benzene rings is 1. The number of amides is 2. The molecule has 1 aliphatic heterocycles. The third-order valence-electron chi connectivity index (χ3n) is 3.54. The van der Waals surface area contributed by atoms with Crippen molar-refractivity contribution < 1.29 is 24.2 Å². The van der Waals surface area contributed by atoms with E-state index in [4.69, 9.17) is 9.84 Å². The molecule has 128 valence electrons. The highest BCUT2D eigenvalue weighted by molar-refractivity contribution is 6.03. The van der Waals surface area contributed by atoms with Crippen molar-refractivity contribution in [2.45, 2.75) is 32.3 Å². The molecule has 0 fully saturated rings. The average Bonchev–Trinajstić information content (AvgIpc) is 2.49. The number of carbonyl (C=O) groups excluding carboxylic acids is 2. The minimum Gasteiger partial charge on any atom is -0.481 e. The third-order valence-corrected chi connectivity index (χ3v) is 3.54. The normalized spacial score (nSPS) is 15.2. The number of nitrogens with zero attached hydrogens (tertiary/aromatic N) is 1. The molecule has 7 heteroatoms. The standard InChI is InChI=1S/C17H20N2O5/c1-4-9-19-12-6-5-11(18-14(20)7-8-15(21)22)10-13(12)24-17(2,3)16(19)23/h4-6,10H,1,7-9H2,2-3H3,(H,18,20)(H,21,22). The van der Waals surface area contributed by atoms with Crippen LogP contribution in [0.1, 0.15) is 26.7 Å². The summed E-state index contributed by atoms with van der Waals surface area (Å²) in [4.78, 5) is 36.3. The minimum atomic E-state index is -1.03. The Kier molecular flexibility index (Phi) is 4.92. The van der Waals surface area contributed by atoms with E-state index in [9.17, 15) is 14.4 Å². The van der Waals surface area contributed by atoms with Gasteiger partial charge in [-0.1, -0.05) is 6.08 Å². The Balaban J connectivity index is 2.23. The molecule has 0 atom stereocenters. The molecule has 0 bridgehead atoms. The summed E-state index contributed by atoms with van der Waals surface area (Å²) in [5.74, 6) is -1.13. The van der Waals surface area contributed by atoms with E-state index in [-0.39, 0.29) is 18.7 Å². The fourth-order valence-corrected chi connectivity index (χ4v) is 2.40. The number of ether oxygens (including phenoxy) is 1. The minimum absolute atomic E-state index is 0.111. The van der Waals surface area contributed by atoms with Crippen molar-refractivity contribution in [3.63, 3.8) is 0 Å². The van der Waals surface area contributed by atoms with Crippen LogP contribution in [0.4, 0.5) is 11.4 Å². The van der Waals surface area contributed by atoms with Crippen LogP contribution in [0.5, 0.6) is 5.75 Å². The van der Waals surface area contributed by atoms with Gasteiger partial charge < -0.3 is 20.1 Å². The number of anilines is 2. The zero-order valence-electron chi connectivity index (χ0n) is 13.7. The van der Waals surface area contributed by atoms with Crippen molar-refractivity contribution in [3.05, 3.63) is 30.9 Å². The van der Waals surface area contributed by atoms with Gasteiger partial charge in [-0.3, -0.25) is 14.4 Å². The fraction of sp³-hybridized carbons (Fsp3) is 0.353. The Labute approximate surface area is 139 Å². The molecule has 2 amide bonds. The van der Waals surface area contributed by atoms with Crippen molar-refractivity contribution in [2.75, 3.05) is 16.8 Å². The number of nitrogens with one attached hydrogen (secondary N) is 1. The maximum atomic E-state index is 12.4. The lowest BCUT2D eigenvalue weighted by atomic mass is 10.0. The first-order chi connectivity index (χ1) is 11.2. The van der Waals surface area contributed by atoms with Crippen molar-refractivity contribution in [1.29, 1.82) is 0 Å². The Bertz CT molecular complexity index is 696. The van der Waals surface area contributed by atoms with Gasteiger partial charge in [-0.05, 0) is 26.0 Å². The zero-order chi connectivity index (χ0) is 17.9. The van der Waals surface area contributed by atoms with Crippen LogP contribution in [0, 0.1) is 0 Å². The van der Waals surface area contributed by atoms with Gasteiger partial charge in [-0.2, -0.15) is 0 Å². The first-order valence-corrected chi connectivity index (χ1v) is 7.52. The molecule has 0 spiro atoms. The summed E-state index contributed by atoms with van der Waals surface area (Å²) in [6, 6.07) is 4.94. The van der Waals surface area contributed by atoms with E-state index < -0.39 is 17.5 Å². The Morgan fingerprint density at radius 2 is 2.08 bits per heavy atom. The number of carboxylic acid groups (broad SMARTS) is 1. The van der Waals surface area contributed by atoms with E-state index >= 15 is 0 Å². The van der Waals surface area contributed by atoms with Gasteiger partial charge in [-0.25, -0.2) is 0 Å². The molecule has 0 saturated carbocycles. The molecule has 0 aliphatic carbocycles. The van der Waals surface area contributed by atoms with Gasteiger partial charge >= 0.3 is 5.97 Å². The van der Waals surface area contributed by atoms with Crippen molar-refractivity contribution in [1.82, 2.24) is 0 Å². The molecule has 0 saturated heterocycles. The highest BCUT2D eigenvalue weighted by atomic mass is 16.5. The van der Waals surface area contributed by atoms with Crippen LogP contribution < -0.4 is 15.0 Å². The van der Waals surface area contributed by atoms with Gasteiger partial charge in [-0.15, -0.1) is 6.58 Å². The number of fused-ring (bicyclic) bond motifs is 1. The zero-order valence-corrected chi connectivity index (χ0v) is 13.7. The lowest BCUT2D eigenvalue weighted by Crippen LogP contribution is -2.52. The van der Waals surface area contributed by atoms with Gasteiger partial charge in [0.2, 0.25) is 5.91 Å². The summed E-state index contributed by atoms with van der Waals surface area (Å²) in [7, 11) is 0.